The second kappa shape index (κ2) is 10.8. The Bertz CT molecular complexity index is 1100. The summed E-state index contributed by atoms with van der Waals surface area (Å²) in [5.74, 6) is -0.894. The maximum Gasteiger partial charge on any atom is 0.244 e. The predicted octanol–water partition coefficient (Wildman–Crippen LogP) is 4.09. The van der Waals surface area contributed by atoms with Gasteiger partial charge < -0.3 is 10.2 Å². The minimum atomic E-state index is -3.87. The molecule has 0 radical (unpaired) electrons. The molecule has 0 saturated heterocycles. The molecule has 0 saturated carbocycles. The lowest BCUT2D eigenvalue weighted by Gasteiger charge is -2.33. The molecule has 0 fully saturated rings. The second-order valence-corrected chi connectivity index (χ2v) is 11.5. The first-order chi connectivity index (χ1) is 15.2. The molecular formula is C23H29Cl2N3O4S. The number of anilines is 1. The lowest BCUT2D eigenvalue weighted by atomic mass is 10.1. The van der Waals surface area contributed by atoms with E-state index in [1.165, 1.54) is 23.1 Å². The third-order valence-corrected chi connectivity index (χ3v) is 6.38. The molecular weight excluding hydrogens is 485 g/mol. The molecule has 0 aliphatic carbocycles. The molecule has 0 aliphatic heterocycles. The zero-order valence-electron chi connectivity index (χ0n) is 19.3. The van der Waals surface area contributed by atoms with Crippen LogP contribution in [-0.2, 0) is 26.2 Å². The number of halogens is 2. The number of nitrogens with one attached hydrogen (secondary N) is 1. The van der Waals surface area contributed by atoms with Gasteiger partial charge in [0, 0.05) is 17.1 Å². The zero-order chi connectivity index (χ0) is 25.0. The lowest BCUT2D eigenvalue weighted by molar-refractivity contribution is -0.140. The first-order valence-electron chi connectivity index (χ1n) is 10.3. The van der Waals surface area contributed by atoms with E-state index in [4.69, 9.17) is 23.2 Å². The number of carbonyl (C=O) groups is 2. The van der Waals surface area contributed by atoms with Crippen molar-refractivity contribution in [3.05, 3.63) is 64.1 Å². The van der Waals surface area contributed by atoms with Crippen LogP contribution in [0.25, 0.3) is 0 Å². The molecule has 0 bridgehead atoms. The third kappa shape index (κ3) is 7.91. The molecule has 33 heavy (non-hydrogen) atoms. The first kappa shape index (κ1) is 27.0. The summed E-state index contributed by atoms with van der Waals surface area (Å²) in [4.78, 5) is 27.7. The molecule has 2 amide bonds. The van der Waals surface area contributed by atoms with Gasteiger partial charge in [0.15, 0.2) is 0 Å². The topological polar surface area (TPSA) is 86.8 Å². The van der Waals surface area contributed by atoms with Crippen molar-refractivity contribution >= 4 is 50.7 Å². The highest BCUT2D eigenvalue weighted by Gasteiger charge is 2.31. The number of hydrogen-bond donors (Lipinski definition) is 1. The fourth-order valence-corrected chi connectivity index (χ4v) is 4.54. The Labute approximate surface area is 205 Å². The number of sulfonamides is 1. The third-order valence-electron chi connectivity index (χ3n) is 4.72. The van der Waals surface area contributed by atoms with Crippen molar-refractivity contribution in [3.8, 4) is 0 Å². The Morgan fingerprint density at radius 1 is 1.06 bits per heavy atom. The number of rotatable bonds is 8. The maximum atomic E-state index is 13.4. The van der Waals surface area contributed by atoms with E-state index >= 15 is 0 Å². The van der Waals surface area contributed by atoms with Crippen LogP contribution in [0.1, 0.15) is 33.3 Å². The SMILES string of the molecule is C[C@H](C(=O)NC(C)(C)C)N(Cc1ccccc1)C(=O)CN(c1ccc(Cl)cc1Cl)S(C)(=O)=O. The average molecular weight is 514 g/mol. The van der Waals surface area contributed by atoms with E-state index in [2.05, 4.69) is 5.32 Å². The van der Waals surface area contributed by atoms with E-state index < -0.39 is 34.1 Å². The van der Waals surface area contributed by atoms with Crippen molar-refractivity contribution < 1.29 is 18.0 Å². The number of hydrogen-bond acceptors (Lipinski definition) is 4. The fourth-order valence-electron chi connectivity index (χ4n) is 3.12. The predicted molar refractivity (Wildman–Crippen MR) is 133 cm³/mol. The summed E-state index contributed by atoms with van der Waals surface area (Å²) in [5.41, 5.74) is 0.433. The van der Waals surface area contributed by atoms with Crippen LogP contribution < -0.4 is 9.62 Å². The van der Waals surface area contributed by atoms with Gasteiger partial charge in [-0.1, -0.05) is 53.5 Å². The lowest BCUT2D eigenvalue weighted by Crippen LogP contribution is -2.54. The first-order valence-corrected chi connectivity index (χ1v) is 12.9. The van der Waals surface area contributed by atoms with E-state index in [0.717, 1.165) is 16.1 Å². The summed E-state index contributed by atoms with van der Waals surface area (Å²) in [6, 6.07) is 12.7. The molecule has 0 spiro atoms. The standard InChI is InChI=1S/C23H29Cl2N3O4S/c1-16(22(30)26-23(2,3)4)27(14-17-9-7-6-8-10-17)21(29)15-28(33(5,31)32)20-12-11-18(24)13-19(20)25/h6-13,16H,14-15H2,1-5H3,(H,26,30)/t16-/m1/s1. The van der Waals surface area contributed by atoms with Crippen molar-refractivity contribution in [2.45, 2.75) is 45.8 Å². The van der Waals surface area contributed by atoms with Crippen molar-refractivity contribution in [1.82, 2.24) is 10.2 Å². The highest BCUT2D eigenvalue weighted by atomic mass is 35.5. The van der Waals surface area contributed by atoms with Gasteiger partial charge in [0.25, 0.3) is 0 Å². The van der Waals surface area contributed by atoms with E-state index in [0.29, 0.717) is 5.02 Å². The van der Waals surface area contributed by atoms with E-state index in [1.807, 2.05) is 51.1 Å². The molecule has 0 aliphatic rings. The zero-order valence-corrected chi connectivity index (χ0v) is 21.6. The molecule has 7 nitrogen and oxygen atoms in total. The molecule has 1 atom stereocenters. The summed E-state index contributed by atoms with van der Waals surface area (Å²) < 4.78 is 26.0. The molecule has 1 N–H and O–H groups in total. The van der Waals surface area contributed by atoms with Gasteiger partial charge >= 0.3 is 0 Å². The minimum absolute atomic E-state index is 0.0915. The van der Waals surface area contributed by atoms with Crippen LogP contribution in [0, 0.1) is 0 Å². The Kier molecular flexibility index (Phi) is 8.79. The van der Waals surface area contributed by atoms with E-state index in [1.54, 1.807) is 6.92 Å². The number of amides is 2. The molecule has 0 heterocycles. The van der Waals surface area contributed by atoms with Gasteiger partial charge in [0.2, 0.25) is 21.8 Å². The quantitative estimate of drug-likeness (QED) is 0.575. The van der Waals surface area contributed by atoms with Crippen molar-refractivity contribution in [2.75, 3.05) is 17.1 Å². The normalized spacial score (nSPS) is 12.7. The Morgan fingerprint density at radius 3 is 2.18 bits per heavy atom. The number of carbonyl (C=O) groups excluding carboxylic acids is 2. The molecule has 0 aromatic heterocycles. The number of nitrogens with zero attached hydrogens (tertiary/aromatic N) is 2. The van der Waals surface area contributed by atoms with Crippen molar-refractivity contribution in [2.24, 2.45) is 0 Å². The highest BCUT2D eigenvalue weighted by molar-refractivity contribution is 7.92. The summed E-state index contributed by atoms with van der Waals surface area (Å²) in [5, 5.41) is 3.30. The molecule has 0 unspecified atom stereocenters. The van der Waals surface area contributed by atoms with Crippen LogP contribution in [0.2, 0.25) is 10.0 Å². The van der Waals surface area contributed by atoms with Crippen LogP contribution in [0.15, 0.2) is 48.5 Å². The molecule has 10 heteroatoms. The van der Waals surface area contributed by atoms with Crippen LogP contribution in [0.3, 0.4) is 0 Å². The summed E-state index contributed by atoms with van der Waals surface area (Å²) in [6.07, 6.45) is 0.989. The average Bonchev–Trinajstić information content (AvgIpc) is 2.69. The molecule has 2 aromatic carbocycles. The van der Waals surface area contributed by atoms with Gasteiger partial charge in [-0.05, 0) is 51.5 Å². The largest absolute Gasteiger partial charge is 0.350 e. The van der Waals surface area contributed by atoms with Crippen molar-refractivity contribution in [1.29, 1.82) is 0 Å². The Morgan fingerprint density at radius 2 is 1.67 bits per heavy atom. The second-order valence-electron chi connectivity index (χ2n) is 8.79. The smallest absolute Gasteiger partial charge is 0.244 e. The van der Waals surface area contributed by atoms with Gasteiger partial charge in [0.1, 0.15) is 12.6 Å². The molecule has 180 valence electrons. The Hall–Kier alpha value is -2.29. The number of benzene rings is 2. The van der Waals surface area contributed by atoms with Gasteiger partial charge in [-0.25, -0.2) is 8.42 Å². The summed E-state index contributed by atoms with van der Waals surface area (Å²) >= 11 is 12.2. The monoisotopic (exact) mass is 513 g/mol. The van der Waals surface area contributed by atoms with Crippen LogP contribution in [0.4, 0.5) is 5.69 Å². The van der Waals surface area contributed by atoms with Crippen LogP contribution in [-0.4, -0.2) is 49.5 Å². The molecule has 2 aromatic rings. The maximum absolute atomic E-state index is 13.4. The van der Waals surface area contributed by atoms with Gasteiger partial charge in [0.05, 0.1) is 17.0 Å². The van der Waals surface area contributed by atoms with E-state index in [-0.39, 0.29) is 23.2 Å². The van der Waals surface area contributed by atoms with Gasteiger partial charge in [-0.15, -0.1) is 0 Å². The fraction of sp³-hybridized carbons (Fsp3) is 0.391. The summed E-state index contributed by atoms with van der Waals surface area (Å²) in [7, 11) is -3.87. The van der Waals surface area contributed by atoms with Crippen LogP contribution in [0.5, 0.6) is 0 Å². The van der Waals surface area contributed by atoms with Crippen LogP contribution >= 0.6 is 23.2 Å². The van der Waals surface area contributed by atoms with Gasteiger partial charge in [-0.2, -0.15) is 0 Å². The summed E-state index contributed by atoms with van der Waals surface area (Å²) in [6.45, 7) is 6.74. The Balaban J connectivity index is 2.41. The van der Waals surface area contributed by atoms with E-state index in [9.17, 15) is 18.0 Å². The van der Waals surface area contributed by atoms with Crippen molar-refractivity contribution in [3.63, 3.8) is 0 Å². The molecule has 2 rings (SSSR count). The highest BCUT2D eigenvalue weighted by Crippen LogP contribution is 2.30. The minimum Gasteiger partial charge on any atom is -0.350 e. The van der Waals surface area contributed by atoms with Gasteiger partial charge in [-0.3, -0.25) is 13.9 Å².